The molecular weight excluding hydrogens is 276 g/mol. The molecule has 5 atom stereocenters. The summed E-state index contributed by atoms with van der Waals surface area (Å²) in [4.78, 5) is 0. The Morgan fingerprint density at radius 2 is 2.05 bits per heavy atom. The van der Waals surface area contributed by atoms with Crippen molar-refractivity contribution in [2.24, 2.45) is 29.1 Å². The SMILES string of the molecule is ClC=CC[C@@]12CCC[C@H]1[C@@H]1CC=C3CCCC[C@@H]3[C@H]1CC2. The van der Waals surface area contributed by atoms with Crippen molar-refractivity contribution in [2.75, 3.05) is 0 Å². The van der Waals surface area contributed by atoms with Gasteiger partial charge in [0.15, 0.2) is 0 Å². The van der Waals surface area contributed by atoms with Crippen LogP contribution < -0.4 is 0 Å². The van der Waals surface area contributed by atoms with Crippen LogP contribution >= 0.6 is 11.6 Å². The van der Waals surface area contributed by atoms with Crippen LogP contribution in [0.15, 0.2) is 23.3 Å². The highest BCUT2D eigenvalue weighted by atomic mass is 35.5. The molecule has 3 fully saturated rings. The molecule has 21 heavy (non-hydrogen) atoms. The van der Waals surface area contributed by atoms with E-state index in [2.05, 4.69) is 12.2 Å². The molecule has 0 spiro atoms. The first-order valence-corrected chi connectivity index (χ1v) is 9.72. The second kappa shape index (κ2) is 5.76. The van der Waals surface area contributed by atoms with Crippen molar-refractivity contribution in [1.82, 2.24) is 0 Å². The molecule has 116 valence electrons. The van der Waals surface area contributed by atoms with Crippen molar-refractivity contribution in [1.29, 1.82) is 0 Å². The van der Waals surface area contributed by atoms with E-state index in [0.717, 1.165) is 23.7 Å². The lowest BCUT2D eigenvalue weighted by atomic mass is 9.52. The van der Waals surface area contributed by atoms with E-state index in [4.69, 9.17) is 11.6 Å². The van der Waals surface area contributed by atoms with E-state index in [9.17, 15) is 0 Å². The molecule has 0 aliphatic heterocycles. The third-order valence-electron chi connectivity index (χ3n) is 7.51. The number of halogens is 1. The highest BCUT2D eigenvalue weighted by molar-refractivity contribution is 6.25. The minimum Gasteiger partial charge on any atom is -0.0933 e. The lowest BCUT2D eigenvalue weighted by Gasteiger charge is -2.53. The van der Waals surface area contributed by atoms with Crippen molar-refractivity contribution in [2.45, 2.75) is 70.6 Å². The van der Waals surface area contributed by atoms with Crippen LogP contribution in [0.5, 0.6) is 0 Å². The fraction of sp³-hybridized carbons (Fsp3) is 0.800. The average Bonchev–Trinajstić information content (AvgIpc) is 2.97. The Morgan fingerprint density at radius 1 is 1.10 bits per heavy atom. The Hall–Kier alpha value is -0.230. The molecule has 4 aliphatic rings. The number of hydrogen-bond donors (Lipinski definition) is 0. The summed E-state index contributed by atoms with van der Waals surface area (Å²) < 4.78 is 0. The van der Waals surface area contributed by atoms with Gasteiger partial charge >= 0.3 is 0 Å². The molecule has 4 rings (SSSR count). The van der Waals surface area contributed by atoms with Gasteiger partial charge in [0, 0.05) is 5.54 Å². The van der Waals surface area contributed by atoms with Gasteiger partial charge in [-0.3, -0.25) is 0 Å². The smallest absolute Gasteiger partial charge is 0.000266 e. The van der Waals surface area contributed by atoms with Gasteiger partial charge in [0.05, 0.1) is 0 Å². The molecule has 0 amide bonds. The van der Waals surface area contributed by atoms with E-state index in [0.29, 0.717) is 5.41 Å². The maximum Gasteiger partial charge on any atom is 0.000266 e. The number of allylic oxidation sites excluding steroid dienone is 3. The summed E-state index contributed by atoms with van der Waals surface area (Å²) in [6, 6.07) is 0. The zero-order valence-electron chi connectivity index (χ0n) is 13.2. The Bertz CT molecular complexity index is 449. The van der Waals surface area contributed by atoms with Gasteiger partial charge in [-0.05, 0) is 86.9 Å². The predicted octanol–water partition coefficient (Wildman–Crippen LogP) is 6.46. The van der Waals surface area contributed by atoms with Crippen LogP contribution in [-0.2, 0) is 0 Å². The average molecular weight is 305 g/mol. The summed E-state index contributed by atoms with van der Waals surface area (Å²) in [7, 11) is 0. The first-order valence-electron chi connectivity index (χ1n) is 9.28. The second-order valence-electron chi connectivity index (χ2n) is 8.16. The number of rotatable bonds is 2. The number of fused-ring (bicyclic) bond motifs is 5. The molecule has 0 bridgehead atoms. The predicted molar refractivity (Wildman–Crippen MR) is 90.3 cm³/mol. The van der Waals surface area contributed by atoms with E-state index < -0.39 is 0 Å². The van der Waals surface area contributed by atoms with Crippen LogP contribution in [0, 0.1) is 29.1 Å². The first kappa shape index (κ1) is 14.4. The third-order valence-corrected chi connectivity index (χ3v) is 7.69. The van der Waals surface area contributed by atoms with Crippen LogP contribution in [0.3, 0.4) is 0 Å². The van der Waals surface area contributed by atoms with Crippen molar-refractivity contribution >= 4 is 11.6 Å². The van der Waals surface area contributed by atoms with Crippen molar-refractivity contribution in [3.05, 3.63) is 23.3 Å². The van der Waals surface area contributed by atoms with Crippen LogP contribution in [0.4, 0.5) is 0 Å². The molecule has 0 N–H and O–H groups in total. The topological polar surface area (TPSA) is 0 Å². The highest BCUT2D eigenvalue weighted by Crippen LogP contribution is 2.62. The maximum atomic E-state index is 5.85. The summed E-state index contributed by atoms with van der Waals surface area (Å²) in [5, 5.41) is 0. The fourth-order valence-electron chi connectivity index (χ4n) is 6.68. The summed E-state index contributed by atoms with van der Waals surface area (Å²) in [6.45, 7) is 0. The third kappa shape index (κ3) is 2.33. The molecule has 1 heteroatoms. The zero-order valence-corrected chi connectivity index (χ0v) is 14.0. The standard InChI is InChI=1S/C20H29Cl/c21-14-4-12-20-11-3-7-19(20)18-9-8-15-5-1-2-6-16(15)17(18)10-13-20/h4,8,14,16-19H,1-3,5-7,9-13H2/t16-,17+,18+,19-,20+/m0/s1. The van der Waals surface area contributed by atoms with Crippen LogP contribution in [-0.4, -0.2) is 0 Å². The summed E-state index contributed by atoms with van der Waals surface area (Å²) in [5.41, 5.74) is 4.23. The molecule has 0 unspecified atom stereocenters. The molecule has 0 radical (unpaired) electrons. The minimum atomic E-state index is 0.618. The van der Waals surface area contributed by atoms with Gasteiger partial charge in [-0.15, -0.1) is 0 Å². The Morgan fingerprint density at radius 3 is 2.95 bits per heavy atom. The number of hydrogen-bond acceptors (Lipinski definition) is 0. The quantitative estimate of drug-likeness (QED) is 0.513. The van der Waals surface area contributed by atoms with Crippen LogP contribution in [0.1, 0.15) is 70.6 Å². The van der Waals surface area contributed by atoms with Gasteiger partial charge in [-0.25, -0.2) is 0 Å². The molecule has 4 aliphatic carbocycles. The van der Waals surface area contributed by atoms with Gasteiger partial charge in [-0.1, -0.05) is 42.2 Å². The van der Waals surface area contributed by atoms with Gasteiger partial charge in [-0.2, -0.15) is 0 Å². The largest absolute Gasteiger partial charge is 0.0933 e. The Labute approximate surface area is 135 Å². The van der Waals surface area contributed by atoms with E-state index in [1.807, 2.05) is 5.57 Å². The van der Waals surface area contributed by atoms with Crippen molar-refractivity contribution in [3.8, 4) is 0 Å². The molecule has 0 nitrogen and oxygen atoms in total. The molecule has 3 saturated carbocycles. The van der Waals surface area contributed by atoms with Gasteiger partial charge < -0.3 is 0 Å². The summed E-state index contributed by atoms with van der Waals surface area (Å²) >= 11 is 5.85. The maximum absolute atomic E-state index is 5.85. The zero-order chi connectivity index (χ0) is 14.3. The lowest BCUT2D eigenvalue weighted by molar-refractivity contribution is 0.000491. The second-order valence-corrected chi connectivity index (χ2v) is 8.41. The molecular formula is C20H29Cl. The van der Waals surface area contributed by atoms with Gasteiger partial charge in [0.25, 0.3) is 0 Å². The molecule has 0 aromatic rings. The van der Waals surface area contributed by atoms with E-state index in [-0.39, 0.29) is 0 Å². The monoisotopic (exact) mass is 304 g/mol. The van der Waals surface area contributed by atoms with Gasteiger partial charge in [0.1, 0.15) is 0 Å². The minimum absolute atomic E-state index is 0.618. The van der Waals surface area contributed by atoms with Crippen LogP contribution in [0.2, 0.25) is 0 Å². The highest BCUT2D eigenvalue weighted by Gasteiger charge is 2.53. The van der Waals surface area contributed by atoms with Crippen molar-refractivity contribution < 1.29 is 0 Å². The van der Waals surface area contributed by atoms with E-state index in [1.54, 1.807) is 5.54 Å². The van der Waals surface area contributed by atoms with Crippen LogP contribution in [0.25, 0.3) is 0 Å². The molecule has 0 saturated heterocycles. The molecule has 0 heterocycles. The Kier molecular flexibility index (Phi) is 3.94. The van der Waals surface area contributed by atoms with E-state index in [1.165, 1.54) is 70.6 Å². The molecule has 0 aromatic carbocycles. The summed E-state index contributed by atoms with van der Waals surface area (Å²) in [6.07, 6.45) is 20.8. The van der Waals surface area contributed by atoms with E-state index >= 15 is 0 Å². The molecule has 0 aromatic heterocycles. The fourth-order valence-corrected chi connectivity index (χ4v) is 6.77. The van der Waals surface area contributed by atoms with Crippen molar-refractivity contribution in [3.63, 3.8) is 0 Å². The summed E-state index contributed by atoms with van der Waals surface area (Å²) in [5.74, 6) is 3.99. The van der Waals surface area contributed by atoms with Gasteiger partial charge in [0.2, 0.25) is 0 Å². The Balaban J connectivity index is 1.60. The first-order chi connectivity index (χ1) is 10.3. The normalized spacial score (nSPS) is 45.9. The lowest BCUT2D eigenvalue weighted by Crippen LogP contribution is -2.44.